The van der Waals surface area contributed by atoms with E-state index < -0.39 is 0 Å². The summed E-state index contributed by atoms with van der Waals surface area (Å²) in [7, 11) is 6.66. The van der Waals surface area contributed by atoms with Gasteiger partial charge in [0.25, 0.3) is 0 Å². The first-order valence-corrected chi connectivity index (χ1v) is 8.11. The van der Waals surface area contributed by atoms with Crippen LogP contribution >= 0.6 is 0 Å². The van der Waals surface area contributed by atoms with E-state index in [1.165, 1.54) is 16.7 Å². The Morgan fingerprint density at radius 3 is 1.88 bits per heavy atom. The smallest absolute Gasteiger partial charge is 0.163 e. The van der Waals surface area contributed by atoms with Crippen molar-refractivity contribution in [1.82, 2.24) is 0 Å². The van der Waals surface area contributed by atoms with Crippen LogP contribution in [0.4, 0.5) is 0 Å². The predicted molar refractivity (Wildman–Crippen MR) is 95.9 cm³/mol. The highest BCUT2D eigenvalue weighted by Gasteiger charge is 2.12. The Hall–Kier alpha value is -2.36. The molecule has 4 heteroatoms. The Bertz CT molecular complexity index is 654. The van der Waals surface area contributed by atoms with E-state index in [1.54, 1.807) is 28.4 Å². The molecule has 4 nitrogen and oxygen atoms in total. The van der Waals surface area contributed by atoms with Crippen LogP contribution in [0.1, 0.15) is 23.6 Å². The van der Waals surface area contributed by atoms with Crippen molar-refractivity contribution in [3.05, 3.63) is 47.0 Å². The summed E-state index contributed by atoms with van der Waals surface area (Å²) in [6.45, 7) is 2.12. The minimum atomic E-state index is 0.751. The zero-order chi connectivity index (χ0) is 17.5. The Morgan fingerprint density at radius 1 is 0.667 bits per heavy atom. The van der Waals surface area contributed by atoms with Crippen molar-refractivity contribution in [2.45, 2.75) is 26.2 Å². The minimum absolute atomic E-state index is 0.751. The molecule has 0 atom stereocenters. The molecule has 2 aromatic rings. The topological polar surface area (TPSA) is 36.9 Å². The van der Waals surface area contributed by atoms with E-state index in [1.807, 2.05) is 12.1 Å². The highest BCUT2D eigenvalue weighted by molar-refractivity contribution is 5.50. The highest BCUT2D eigenvalue weighted by atomic mass is 16.5. The van der Waals surface area contributed by atoms with Gasteiger partial charge in [-0.2, -0.15) is 0 Å². The molecule has 0 aromatic heterocycles. The Balaban J connectivity index is 2.20. The van der Waals surface area contributed by atoms with Crippen molar-refractivity contribution in [3.63, 3.8) is 0 Å². The molecule has 0 N–H and O–H groups in total. The molecule has 0 bridgehead atoms. The maximum Gasteiger partial charge on any atom is 0.163 e. The summed E-state index contributed by atoms with van der Waals surface area (Å²) >= 11 is 0. The molecule has 0 saturated heterocycles. The average Bonchev–Trinajstić information content (AvgIpc) is 2.64. The SMILES string of the molecule is CCc1cc(CCc2ccc(OC)c(OC)c2)cc(OC)c1OC. The molecule has 0 aliphatic heterocycles. The lowest BCUT2D eigenvalue weighted by molar-refractivity contribution is 0.351. The summed E-state index contributed by atoms with van der Waals surface area (Å²) in [5, 5.41) is 0. The van der Waals surface area contributed by atoms with Crippen molar-refractivity contribution in [1.29, 1.82) is 0 Å². The Kier molecular flexibility index (Phi) is 6.36. The van der Waals surface area contributed by atoms with Crippen LogP contribution in [0.15, 0.2) is 30.3 Å². The van der Waals surface area contributed by atoms with Gasteiger partial charge in [0.1, 0.15) is 0 Å². The summed E-state index contributed by atoms with van der Waals surface area (Å²) < 4.78 is 21.6. The van der Waals surface area contributed by atoms with E-state index in [0.717, 1.165) is 42.3 Å². The quantitative estimate of drug-likeness (QED) is 0.731. The molecule has 0 aliphatic rings. The van der Waals surface area contributed by atoms with Crippen LogP contribution in [-0.2, 0) is 19.3 Å². The van der Waals surface area contributed by atoms with Gasteiger partial charge in [0.2, 0.25) is 0 Å². The molecule has 0 fully saturated rings. The summed E-state index contributed by atoms with van der Waals surface area (Å²) in [5.74, 6) is 3.13. The van der Waals surface area contributed by atoms with Gasteiger partial charge in [0.15, 0.2) is 23.0 Å². The van der Waals surface area contributed by atoms with Crippen LogP contribution in [-0.4, -0.2) is 28.4 Å². The number of hydrogen-bond donors (Lipinski definition) is 0. The second-order valence-electron chi connectivity index (χ2n) is 5.53. The molecule has 2 rings (SSSR count). The van der Waals surface area contributed by atoms with Gasteiger partial charge < -0.3 is 18.9 Å². The van der Waals surface area contributed by atoms with E-state index in [0.29, 0.717) is 0 Å². The Labute approximate surface area is 144 Å². The van der Waals surface area contributed by atoms with Crippen LogP contribution in [0.3, 0.4) is 0 Å². The van der Waals surface area contributed by atoms with Gasteiger partial charge in [-0.05, 0) is 54.2 Å². The van der Waals surface area contributed by atoms with Crippen molar-refractivity contribution < 1.29 is 18.9 Å². The number of rotatable bonds is 8. The van der Waals surface area contributed by atoms with Crippen LogP contribution < -0.4 is 18.9 Å². The Morgan fingerprint density at radius 2 is 1.29 bits per heavy atom. The molecular weight excluding hydrogens is 304 g/mol. The molecule has 0 aliphatic carbocycles. The van der Waals surface area contributed by atoms with Gasteiger partial charge in [-0.25, -0.2) is 0 Å². The second kappa shape index (κ2) is 8.48. The fraction of sp³-hybridized carbons (Fsp3) is 0.400. The lowest BCUT2D eigenvalue weighted by Gasteiger charge is -2.14. The van der Waals surface area contributed by atoms with Crippen molar-refractivity contribution in [2.75, 3.05) is 28.4 Å². The van der Waals surface area contributed by atoms with E-state index in [-0.39, 0.29) is 0 Å². The molecule has 0 saturated carbocycles. The van der Waals surface area contributed by atoms with Crippen molar-refractivity contribution >= 4 is 0 Å². The van der Waals surface area contributed by atoms with Crippen LogP contribution in [0.2, 0.25) is 0 Å². The van der Waals surface area contributed by atoms with E-state index in [9.17, 15) is 0 Å². The van der Waals surface area contributed by atoms with Gasteiger partial charge in [-0.3, -0.25) is 0 Å². The number of hydrogen-bond acceptors (Lipinski definition) is 4. The largest absolute Gasteiger partial charge is 0.493 e. The molecule has 2 aromatic carbocycles. The van der Waals surface area contributed by atoms with Crippen molar-refractivity contribution in [3.8, 4) is 23.0 Å². The number of methoxy groups -OCH3 is 4. The normalized spacial score (nSPS) is 10.4. The van der Waals surface area contributed by atoms with Crippen LogP contribution in [0, 0.1) is 0 Å². The lowest BCUT2D eigenvalue weighted by atomic mass is 10.00. The monoisotopic (exact) mass is 330 g/mol. The number of aryl methyl sites for hydroxylation is 3. The summed E-state index contributed by atoms with van der Waals surface area (Å²) in [6, 6.07) is 10.3. The van der Waals surface area contributed by atoms with E-state index in [4.69, 9.17) is 18.9 Å². The summed E-state index contributed by atoms with van der Waals surface area (Å²) in [6.07, 6.45) is 2.74. The van der Waals surface area contributed by atoms with Gasteiger partial charge in [-0.15, -0.1) is 0 Å². The molecule has 0 unspecified atom stereocenters. The summed E-state index contributed by atoms with van der Waals surface area (Å²) in [5.41, 5.74) is 3.61. The van der Waals surface area contributed by atoms with Gasteiger partial charge in [-0.1, -0.05) is 19.1 Å². The van der Waals surface area contributed by atoms with Gasteiger partial charge in [0.05, 0.1) is 28.4 Å². The van der Waals surface area contributed by atoms with E-state index in [2.05, 4.69) is 25.1 Å². The first kappa shape index (κ1) is 18.0. The molecule has 0 amide bonds. The zero-order valence-electron chi connectivity index (χ0n) is 15.1. The maximum absolute atomic E-state index is 5.48. The van der Waals surface area contributed by atoms with E-state index >= 15 is 0 Å². The third-order valence-corrected chi connectivity index (χ3v) is 4.15. The van der Waals surface area contributed by atoms with Crippen LogP contribution in [0.5, 0.6) is 23.0 Å². The first-order chi connectivity index (χ1) is 11.7. The molecule has 0 spiro atoms. The summed E-state index contributed by atoms with van der Waals surface area (Å²) in [4.78, 5) is 0. The lowest BCUT2D eigenvalue weighted by Crippen LogP contribution is -2.00. The molecule has 0 radical (unpaired) electrons. The van der Waals surface area contributed by atoms with Gasteiger partial charge >= 0.3 is 0 Å². The number of ether oxygens (including phenoxy) is 4. The molecule has 0 heterocycles. The molecular formula is C20H26O4. The molecule has 24 heavy (non-hydrogen) atoms. The average molecular weight is 330 g/mol. The highest BCUT2D eigenvalue weighted by Crippen LogP contribution is 2.34. The fourth-order valence-electron chi connectivity index (χ4n) is 2.84. The minimum Gasteiger partial charge on any atom is -0.493 e. The van der Waals surface area contributed by atoms with Gasteiger partial charge in [0, 0.05) is 0 Å². The fourth-order valence-corrected chi connectivity index (χ4v) is 2.84. The third kappa shape index (κ3) is 3.94. The predicted octanol–water partition coefficient (Wildman–Crippen LogP) is 4.07. The number of benzene rings is 2. The molecule has 130 valence electrons. The standard InChI is InChI=1S/C20H26O4/c1-6-16-11-15(13-19(23-4)20(16)24-5)8-7-14-9-10-17(21-2)18(12-14)22-3/h9-13H,6-8H2,1-5H3. The third-order valence-electron chi connectivity index (χ3n) is 4.15. The first-order valence-electron chi connectivity index (χ1n) is 8.11. The van der Waals surface area contributed by atoms with Crippen LogP contribution in [0.25, 0.3) is 0 Å². The van der Waals surface area contributed by atoms with Crippen molar-refractivity contribution in [2.24, 2.45) is 0 Å². The maximum atomic E-state index is 5.48. The zero-order valence-corrected chi connectivity index (χ0v) is 15.1. The second-order valence-corrected chi connectivity index (χ2v) is 5.53.